The molecule has 7 aromatic carbocycles. The van der Waals surface area contributed by atoms with Crippen LogP contribution in [0.1, 0.15) is 0 Å². The summed E-state index contributed by atoms with van der Waals surface area (Å²) in [7, 11) is 0. The molecule has 0 atom stereocenters. The van der Waals surface area contributed by atoms with Crippen molar-refractivity contribution in [3.8, 4) is 39.7 Å². The lowest BCUT2D eigenvalue weighted by atomic mass is 10.0. The number of halogens is 2. The monoisotopic (exact) mass is 639 g/mol. The van der Waals surface area contributed by atoms with Crippen LogP contribution in [-0.2, 0) is 0 Å². The van der Waals surface area contributed by atoms with Crippen LogP contribution < -0.4 is 0 Å². The Balaban J connectivity index is 1.17. The molecule has 0 aliphatic carbocycles. The minimum Gasteiger partial charge on any atom is -0.436 e. The Morgan fingerprint density at radius 2 is 0.980 bits per heavy atom. The maximum atomic E-state index is 14.5. The van der Waals surface area contributed by atoms with Gasteiger partial charge in [0.2, 0.25) is 11.8 Å². The van der Waals surface area contributed by atoms with E-state index in [1.807, 2.05) is 42.5 Å². The number of para-hydroxylation sites is 2. The molecule has 0 aliphatic rings. The van der Waals surface area contributed by atoms with Gasteiger partial charge in [0.25, 0.3) is 0 Å². The molecule has 0 radical (unpaired) electrons. The van der Waals surface area contributed by atoms with Gasteiger partial charge in [-0.15, -0.1) is 0 Å². The van der Waals surface area contributed by atoms with Crippen LogP contribution in [0.2, 0.25) is 0 Å². The van der Waals surface area contributed by atoms with Gasteiger partial charge in [-0.2, -0.15) is 0 Å². The molecular weight excluding hydrogens is 616 g/mol. The van der Waals surface area contributed by atoms with E-state index >= 15 is 0 Å². The van der Waals surface area contributed by atoms with Crippen molar-refractivity contribution >= 4 is 54.8 Å². The Hall–Kier alpha value is -6.60. The van der Waals surface area contributed by atoms with Gasteiger partial charge in [-0.25, -0.2) is 18.7 Å². The molecule has 0 amide bonds. The summed E-state index contributed by atoms with van der Waals surface area (Å²) in [6.45, 7) is 0. The van der Waals surface area contributed by atoms with Crippen molar-refractivity contribution in [2.75, 3.05) is 0 Å². The first-order chi connectivity index (χ1) is 24.1. The Morgan fingerprint density at radius 1 is 0.449 bits per heavy atom. The van der Waals surface area contributed by atoms with Gasteiger partial charge in [0.1, 0.15) is 11.0 Å². The molecule has 10 aromatic rings. The number of rotatable bonds is 4. The predicted molar refractivity (Wildman–Crippen MR) is 190 cm³/mol. The zero-order valence-corrected chi connectivity index (χ0v) is 25.7. The van der Waals surface area contributed by atoms with E-state index in [4.69, 9.17) is 8.83 Å². The minimum absolute atomic E-state index is 0.196. The zero-order chi connectivity index (χ0) is 32.6. The first-order valence-electron chi connectivity index (χ1n) is 15.9. The Kier molecular flexibility index (Phi) is 5.87. The number of benzene rings is 7. The fourth-order valence-electron chi connectivity index (χ4n) is 6.81. The molecule has 0 saturated heterocycles. The normalized spacial score (nSPS) is 11.9. The summed E-state index contributed by atoms with van der Waals surface area (Å²) in [4.78, 5) is 8.98. The molecule has 49 heavy (non-hydrogen) atoms. The van der Waals surface area contributed by atoms with Gasteiger partial charge in [0, 0.05) is 27.6 Å². The van der Waals surface area contributed by atoms with Crippen molar-refractivity contribution in [1.82, 2.24) is 14.5 Å². The molecule has 232 valence electrons. The van der Waals surface area contributed by atoms with Crippen molar-refractivity contribution in [3.05, 3.63) is 151 Å². The van der Waals surface area contributed by atoms with Crippen molar-refractivity contribution in [2.24, 2.45) is 0 Å². The molecule has 5 nitrogen and oxygen atoms in total. The van der Waals surface area contributed by atoms with E-state index in [1.165, 1.54) is 22.9 Å². The van der Waals surface area contributed by atoms with Gasteiger partial charge < -0.3 is 13.4 Å². The second-order valence-electron chi connectivity index (χ2n) is 12.1. The van der Waals surface area contributed by atoms with Gasteiger partial charge in [-0.1, -0.05) is 72.8 Å². The smallest absolute Gasteiger partial charge is 0.227 e. The number of nitrogens with zero attached hydrogens (tertiary/aromatic N) is 3. The SMILES string of the molecule is Fc1cccc2oc(-c3ccc4c5ccc(-c6nc7c(F)cccc7o6)cc5n(-c5ccc(-c6ccc7ccccc7c6)cc5)c4c3)nc12. The Bertz CT molecular complexity index is 2780. The molecule has 10 rings (SSSR count). The maximum Gasteiger partial charge on any atom is 0.227 e. The predicted octanol–water partition coefficient (Wildman–Crippen LogP) is 11.5. The topological polar surface area (TPSA) is 57.0 Å². The van der Waals surface area contributed by atoms with Crippen LogP contribution in [0.5, 0.6) is 0 Å². The molecular formula is C42H23F2N3O2. The van der Waals surface area contributed by atoms with E-state index in [9.17, 15) is 8.78 Å². The van der Waals surface area contributed by atoms with E-state index in [1.54, 1.807) is 24.3 Å². The number of hydrogen-bond acceptors (Lipinski definition) is 4. The third-order valence-electron chi connectivity index (χ3n) is 9.21. The Morgan fingerprint density at radius 3 is 1.55 bits per heavy atom. The second kappa shape index (κ2) is 10.5. The lowest BCUT2D eigenvalue weighted by Gasteiger charge is -2.11. The summed E-state index contributed by atoms with van der Waals surface area (Å²) >= 11 is 0. The van der Waals surface area contributed by atoms with Crippen LogP contribution in [0.4, 0.5) is 8.78 Å². The average molecular weight is 640 g/mol. The molecule has 0 N–H and O–H groups in total. The van der Waals surface area contributed by atoms with Gasteiger partial charge in [-0.05, 0) is 88.6 Å². The highest BCUT2D eigenvalue weighted by atomic mass is 19.1. The molecule has 3 aromatic heterocycles. The van der Waals surface area contributed by atoms with Crippen molar-refractivity contribution in [3.63, 3.8) is 0 Å². The summed E-state index contributed by atoms with van der Waals surface area (Å²) in [6, 6.07) is 44.6. The highest BCUT2D eigenvalue weighted by Crippen LogP contribution is 2.38. The van der Waals surface area contributed by atoms with Crippen molar-refractivity contribution in [1.29, 1.82) is 0 Å². The van der Waals surface area contributed by atoms with Crippen molar-refractivity contribution < 1.29 is 17.6 Å². The summed E-state index contributed by atoms with van der Waals surface area (Å²) in [5.41, 5.74) is 7.59. The largest absolute Gasteiger partial charge is 0.436 e. The molecule has 0 bridgehead atoms. The summed E-state index contributed by atoms with van der Waals surface area (Å²) in [5.74, 6) is -0.194. The molecule has 3 heterocycles. The number of oxazole rings is 2. The van der Waals surface area contributed by atoms with Crippen LogP contribution >= 0.6 is 0 Å². The molecule has 0 spiro atoms. The third-order valence-corrected chi connectivity index (χ3v) is 9.21. The molecule has 0 unspecified atom stereocenters. The molecule has 0 aliphatic heterocycles. The third kappa shape index (κ3) is 4.36. The number of aromatic nitrogens is 3. The zero-order valence-electron chi connectivity index (χ0n) is 25.7. The van der Waals surface area contributed by atoms with Crippen LogP contribution in [0.3, 0.4) is 0 Å². The fourth-order valence-corrected chi connectivity index (χ4v) is 6.81. The van der Waals surface area contributed by atoms with Crippen LogP contribution in [-0.4, -0.2) is 14.5 Å². The quantitative estimate of drug-likeness (QED) is 0.192. The first-order valence-corrected chi connectivity index (χ1v) is 15.9. The van der Waals surface area contributed by atoms with Crippen LogP contribution in [0.15, 0.2) is 148 Å². The van der Waals surface area contributed by atoms with E-state index < -0.39 is 11.6 Å². The first kappa shape index (κ1) is 27.5. The Labute approximate surface area is 277 Å². The summed E-state index contributed by atoms with van der Waals surface area (Å²) in [5, 5.41) is 4.40. The fraction of sp³-hybridized carbons (Fsp3) is 0. The minimum atomic E-state index is -0.430. The standard InChI is InChI=1S/C42H23F2N3O2/c43-33-7-3-9-37-39(33)45-41(48-37)28-15-19-31-32-20-16-29(42-46-40-34(44)8-4-10-38(40)49-42)23-36(32)47(35(31)22-28)30-17-13-25(14-18-30)27-12-11-24-5-1-2-6-26(24)21-27/h1-23H. The van der Waals surface area contributed by atoms with E-state index in [0.29, 0.717) is 22.9 Å². The number of hydrogen-bond donors (Lipinski definition) is 0. The summed E-state index contributed by atoms with van der Waals surface area (Å²) in [6.07, 6.45) is 0. The maximum absolute atomic E-state index is 14.5. The molecule has 0 saturated carbocycles. The van der Waals surface area contributed by atoms with Crippen LogP contribution in [0, 0.1) is 11.6 Å². The van der Waals surface area contributed by atoms with Gasteiger partial charge >= 0.3 is 0 Å². The van der Waals surface area contributed by atoms with E-state index in [-0.39, 0.29) is 11.0 Å². The van der Waals surface area contributed by atoms with Gasteiger partial charge in [0.05, 0.1) is 11.0 Å². The lowest BCUT2D eigenvalue weighted by Crippen LogP contribution is -1.94. The highest BCUT2D eigenvalue weighted by Gasteiger charge is 2.19. The average Bonchev–Trinajstić information content (AvgIpc) is 3.86. The van der Waals surface area contributed by atoms with Gasteiger partial charge in [0.15, 0.2) is 22.8 Å². The van der Waals surface area contributed by atoms with Crippen LogP contribution in [0.25, 0.3) is 94.5 Å². The number of fused-ring (bicyclic) bond motifs is 6. The van der Waals surface area contributed by atoms with E-state index in [2.05, 4.69) is 75.2 Å². The molecule has 0 fully saturated rings. The van der Waals surface area contributed by atoms with Crippen molar-refractivity contribution in [2.45, 2.75) is 0 Å². The summed E-state index contributed by atoms with van der Waals surface area (Å²) < 4.78 is 43.2. The lowest BCUT2D eigenvalue weighted by molar-refractivity contribution is 0.616. The molecule has 7 heteroatoms. The van der Waals surface area contributed by atoms with Gasteiger partial charge in [-0.3, -0.25) is 0 Å². The second-order valence-corrected chi connectivity index (χ2v) is 12.1. The van der Waals surface area contributed by atoms with E-state index in [0.717, 1.165) is 49.7 Å². The highest BCUT2D eigenvalue weighted by molar-refractivity contribution is 6.11.